The lowest BCUT2D eigenvalue weighted by molar-refractivity contribution is 0.560. The first-order valence-electron chi connectivity index (χ1n) is 7.30. The van der Waals surface area contributed by atoms with E-state index < -0.39 is 0 Å². The van der Waals surface area contributed by atoms with Crippen LogP contribution in [-0.2, 0) is 6.42 Å². The van der Waals surface area contributed by atoms with Gasteiger partial charge >= 0.3 is 0 Å². The lowest BCUT2D eigenvalue weighted by atomic mass is 9.94. The van der Waals surface area contributed by atoms with E-state index in [0.717, 1.165) is 35.1 Å². The molecule has 0 amide bonds. The molecule has 22 heavy (non-hydrogen) atoms. The molecular formula is C18H14FN3. The Balaban J connectivity index is 1.84. The summed E-state index contributed by atoms with van der Waals surface area (Å²) in [5.74, 6) is -0.206. The molecule has 1 aliphatic heterocycles. The van der Waals surface area contributed by atoms with Crippen LogP contribution < -0.4 is 5.32 Å². The molecule has 0 spiro atoms. The van der Waals surface area contributed by atoms with Gasteiger partial charge in [-0.15, -0.1) is 0 Å². The molecule has 1 aromatic heterocycles. The average Bonchev–Trinajstić information content (AvgIpc) is 2.93. The molecule has 1 unspecified atom stereocenters. The second kappa shape index (κ2) is 4.97. The van der Waals surface area contributed by atoms with Crippen molar-refractivity contribution in [2.75, 3.05) is 6.54 Å². The molecule has 1 aliphatic rings. The number of H-pyrrole nitrogens is 1. The Hall–Kier alpha value is -2.64. The van der Waals surface area contributed by atoms with Gasteiger partial charge in [0, 0.05) is 23.1 Å². The summed E-state index contributed by atoms with van der Waals surface area (Å²) >= 11 is 0. The Labute approximate surface area is 127 Å². The third-order valence-corrected chi connectivity index (χ3v) is 4.29. The summed E-state index contributed by atoms with van der Waals surface area (Å²) in [4.78, 5) is 3.43. The standard InChI is InChI=1S/C18H14FN3/c19-13-5-6-16-15(9-13)14-7-8-21-17(18(14)22-16)12-3-1-11(10-20)2-4-12/h1-6,9,17,21-22H,7-8H2. The third-order valence-electron chi connectivity index (χ3n) is 4.29. The summed E-state index contributed by atoms with van der Waals surface area (Å²) in [6.07, 6.45) is 0.881. The van der Waals surface area contributed by atoms with Gasteiger partial charge in [-0.05, 0) is 47.9 Å². The molecule has 2 heterocycles. The summed E-state index contributed by atoms with van der Waals surface area (Å²) in [7, 11) is 0. The first-order valence-corrected chi connectivity index (χ1v) is 7.30. The van der Waals surface area contributed by atoms with Gasteiger partial charge < -0.3 is 10.3 Å². The van der Waals surface area contributed by atoms with E-state index in [1.165, 1.54) is 11.6 Å². The number of hydrogen-bond acceptors (Lipinski definition) is 2. The molecule has 0 bridgehead atoms. The van der Waals surface area contributed by atoms with Crippen LogP contribution in [0.2, 0.25) is 0 Å². The molecule has 0 radical (unpaired) electrons. The molecule has 0 aliphatic carbocycles. The highest BCUT2D eigenvalue weighted by atomic mass is 19.1. The number of nitriles is 1. The van der Waals surface area contributed by atoms with Gasteiger partial charge in [-0.2, -0.15) is 5.26 Å². The van der Waals surface area contributed by atoms with Crippen molar-refractivity contribution in [3.8, 4) is 6.07 Å². The minimum Gasteiger partial charge on any atom is -0.357 e. The zero-order chi connectivity index (χ0) is 15.1. The molecule has 4 heteroatoms. The molecule has 4 rings (SSSR count). The van der Waals surface area contributed by atoms with Crippen molar-refractivity contribution < 1.29 is 4.39 Å². The van der Waals surface area contributed by atoms with Crippen molar-refractivity contribution in [3.05, 3.63) is 70.7 Å². The van der Waals surface area contributed by atoms with Crippen molar-refractivity contribution in [1.29, 1.82) is 5.26 Å². The zero-order valence-electron chi connectivity index (χ0n) is 11.9. The molecular weight excluding hydrogens is 277 g/mol. The van der Waals surface area contributed by atoms with Crippen molar-refractivity contribution in [2.24, 2.45) is 0 Å². The van der Waals surface area contributed by atoms with E-state index in [-0.39, 0.29) is 11.9 Å². The zero-order valence-corrected chi connectivity index (χ0v) is 11.9. The van der Waals surface area contributed by atoms with Crippen LogP contribution in [0.3, 0.4) is 0 Å². The second-order valence-corrected chi connectivity index (χ2v) is 5.58. The lowest BCUT2D eigenvalue weighted by Gasteiger charge is -2.24. The summed E-state index contributed by atoms with van der Waals surface area (Å²) in [5, 5.41) is 13.4. The largest absolute Gasteiger partial charge is 0.357 e. The summed E-state index contributed by atoms with van der Waals surface area (Å²) < 4.78 is 13.5. The van der Waals surface area contributed by atoms with Gasteiger partial charge in [0.05, 0.1) is 17.7 Å². The molecule has 2 N–H and O–H groups in total. The van der Waals surface area contributed by atoms with Gasteiger partial charge in [0.25, 0.3) is 0 Å². The Kier molecular flexibility index (Phi) is 2.95. The SMILES string of the molecule is N#Cc1ccc(C2NCCc3c2[nH]c2ccc(F)cc32)cc1. The van der Waals surface area contributed by atoms with E-state index in [9.17, 15) is 4.39 Å². The van der Waals surface area contributed by atoms with Gasteiger partial charge in [0.15, 0.2) is 0 Å². The molecule has 3 nitrogen and oxygen atoms in total. The van der Waals surface area contributed by atoms with Gasteiger partial charge in [0.2, 0.25) is 0 Å². The normalized spacial score (nSPS) is 17.2. The molecule has 3 aromatic rings. The number of benzene rings is 2. The number of aromatic nitrogens is 1. The Bertz CT molecular complexity index is 887. The van der Waals surface area contributed by atoms with Gasteiger partial charge in [-0.1, -0.05) is 12.1 Å². The van der Waals surface area contributed by atoms with Crippen LogP contribution in [0.25, 0.3) is 10.9 Å². The van der Waals surface area contributed by atoms with Crippen LogP contribution in [0.1, 0.15) is 28.4 Å². The molecule has 2 aromatic carbocycles. The van der Waals surface area contributed by atoms with Crippen molar-refractivity contribution in [2.45, 2.75) is 12.5 Å². The first-order chi connectivity index (χ1) is 10.8. The predicted molar refractivity (Wildman–Crippen MR) is 83.0 cm³/mol. The minimum absolute atomic E-state index is 0.0481. The number of fused-ring (bicyclic) bond motifs is 3. The van der Waals surface area contributed by atoms with E-state index in [4.69, 9.17) is 5.26 Å². The van der Waals surface area contributed by atoms with E-state index in [1.807, 2.05) is 24.3 Å². The molecule has 0 saturated heterocycles. The minimum atomic E-state index is -0.206. The van der Waals surface area contributed by atoms with E-state index >= 15 is 0 Å². The number of halogens is 1. The molecule has 108 valence electrons. The molecule has 0 saturated carbocycles. The van der Waals surface area contributed by atoms with Crippen molar-refractivity contribution in [1.82, 2.24) is 10.3 Å². The smallest absolute Gasteiger partial charge is 0.123 e. The highest BCUT2D eigenvalue weighted by Crippen LogP contribution is 2.33. The maximum Gasteiger partial charge on any atom is 0.123 e. The Morgan fingerprint density at radius 1 is 1.14 bits per heavy atom. The van der Waals surface area contributed by atoms with Crippen LogP contribution in [-0.4, -0.2) is 11.5 Å². The number of rotatable bonds is 1. The Morgan fingerprint density at radius 2 is 1.95 bits per heavy atom. The van der Waals surface area contributed by atoms with Crippen LogP contribution in [0, 0.1) is 17.1 Å². The van der Waals surface area contributed by atoms with Gasteiger partial charge in [-0.3, -0.25) is 0 Å². The number of aromatic amines is 1. The van der Waals surface area contributed by atoms with E-state index in [1.54, 1.807) is 12.1 Å². The lowest BCUT2D eigenvalue weighted by Crippen LogP contribution is -2.30. The van der Waals surface area contributed by atoms with Crippen LogP contribution in [0.5, 0.6) is 0 Å². The maximum atomic E-state index is 13.5. The monoisotopic (exact) mass is 291 g/mol. The summed E-state index contributed by atoms with van der Waals surface area (Å²) in [6, 6.07) is 14.6. The van der Waals surface area contributed by atoms with Crippen molar-refractivity contribution >= 4 is 10.9 Å². The predicted octanol–water partition coefficient (Wildman–Crippen LogP) is 3.41. The van der Waals surface area contributed by atoms with E-state index in [2.05, 4.69) is 16.4 Å². The highest BCUT2D eigenvalue weighted by molar-refractivity contribution is 5.85. The van der Waals surface area contributed by atoms with Crippen LogP contribution >= 0.6 is 0 Å². The van der Waals surface area contributed by atoms with Crippen LogP contribution in [0.15, 0.2) is 42.5 Å². The van der Waals surface area contributed by atoms with E-state index in [0.29, 0.717) is 5.56 Å². The number of hydrogen-bond donors (Lipinski definition) is 2. The fraction of sp³-hybridized carbons (Fsp3) is 0.167. The molecule has 1 atom stereocenters. The average molecular weight is 291 g/mol. The summed E-state index contributed by atoms with van der Waals surface area (Å²) in [5.41, 5.74) is 5.00. The topological polar surface area (TPSA) is 51.6 Å². The number of nitrogens with zero attached hydrogens (tertiary/aromatic N) is 1. The fourth-order valence-corrected chi connectivity index (χ4v) is 3.23. The third kappa shape index (κ3) is 1.99. The van der Waals surface area contributed by atoms with Crippen LogP contribution in [0.4, 0.5) is 4.39 Å². The summed E-state index contributed by atoms with van der Waals surface area (Å²) in [6.45, 7) is 0.848. The van der Waals surface area contributed by atoms with Crippen molar-refractivity contribution in [3.63, 3.8) is 0 Å². The Morgan fingerprint density at radius 3 is 2.73 bits per heavy atom. The second-order valence-electron chi connectivity index (χ2n) is 5.58. The maximum absolute atomic E-state index is 13.5. The van der Waals surface area contributed by atoms with Gasteiger partial charge in [0.1, 0.15) is 5.82 Å². The quantitative estimate of drug-likeness (QED) is 0.722. The number of nitrogens with one attached hydrogen (secondary N) is 2. The fourth-order valence-electron chi connectivity index (χ4n) is 3.23. The first kappa shape index (κ1) is 13.1. The molecule has 0 fully saturated rings. The van der Waals surface area contributed by atoms with Gasteiger partial charge in [-0.25, -0.2) is 4.39 Å². The highest BCUT2D eigenvalue weighted by Gasteiger charge is 2.25.